The van der Waals surface area contributed by atoms with E-state index in [1.165, 1.54) is 24.8 Å². The first-order chi connectivity index (χ1) is 8.26. The fraction of sp³-hybridized carbons (Fsp3) is 0.643. The molecule has 0 N–H and O–H groups in total. The summed E-state index contributed by atoms with van der Waals surface area (Å²) in [5, 5.41) is 0. The van der Waals surface area contributed by atoms with E-state index >= 15 is 0 Å². The zero-order valence-corrected chi connectivity index (χ0v) is 10.5. The van der Waals surface area contributed by atoms with Crippen molar-refractivity contribution in [3.8, 4) is 5.75 Å². The number of hydrogen-bond donors (Lipinski definition) is 0. The summed E-state index contributed by atoms with van der Waals surface area (Å²) in [5.74, 6) is 1.46. The van der Waals surface area contributed by atoms with E-state index in [2.05, 4.69) is 11.9 Å². The van der Waals surface area contributed by atoms with Crippen LogP contribution >= 0.6 is 0 Å². The number of aromatic nitrogens is 1. The molecule has 3 heteroatoms. The van der Waals surface area contributed by atoms with E-state index in [1.54, 1.807) is 13.3 Å². The van der Waals surface area contributed by atoms with Crippen molar-refractivity contribution in [1.29, 1.82) is 0 Å². The van der Waals surface area contributed by atoms with E-state index in [-0.39, 0.29) is 0 Å². The third-order valence-electron chi connectivity index (χ3n) is 4.36. The van der Waals surface area contributed by atoms with Crippen LogP contribution in [0.5, 0.6) is 5.75 Å². The standard InChI is InChI=1S/C14H19NO2/c1-10-4-3-5-12-8-11-9-15-7-6-13(11)17-14(10,12)16-2/h6-7,9-10,12H,3-5,8H2,1-2H3/t10-,12+,14+/m0/s1. The SMILES string of the molecule is CO[C@]12Oc3ccncc3C[C@H]1CCC[C@@H]2C. The number of methoxy groups -OCH3 is 1. The van der Waals surface area contributed by atoms with Gasteiger partial charge in [0.05, 0.1) is 0 Å². The number of hydrogen-bond acceptors (Lipinski definition) is 3. The van der Waals surface area contributed by atoms with Gasteiger partial charge in [0.25, 0.3) is 0 Å². The lowest BCUT2D eigenvalue weighted by molar-refractivity contribution is -0.252. The van der Waals surface area contributed by atoms with Gasteiger partial charge in [-0.05, 0) is 25.3 Å². The maximum atomic E-state index is 6.22. The summed E-state index contributed by atoms with van der Waals surface area (Å²) in [6.07, 6.45) is 8.39. The van der Waals surface area contributed by atoms with Crippen molar-refractivity contribution in [1.82, 2.24) is 4.98 Å². The van der Waals surface area contributed by atoms with E-state index in [0.717, 1.165) is 12.2 Å². The van der Waals surface area contributed by atoms with Crippen LogP contribution in [0.1, 0.15) is 31.7 Å². The van der Waals surface area contributed by atoms with E-state index in [9.17, 15) is 0 Å². The molecule has 3 atom stereocenters. The lowest BCUT2D eigenvalue weighted by Gasteiger charge is -2.49. The molecule has 0 unspecified atom stereocenters. The van der Waals surface area contributed by atoms with Crippen LogP contribution in [0.3, 0.4) is 0 Å². The number of nitrogens with zero attached hydrogens (tertiary/aromatic N) is 1. The Bertz CT molecular complexity index is 420. The van der Waals surface area contributed by atoms with E-state index in [0.29, 0.717) is 11.8 Å². The minimum Gasteiger partial charge on any atom is -0.461 e. The van der Waals surface area contributed by atoms with Crippen molar-refractivity contribution in [2.45, 2.75) is 38.4 Å². The molecule has 3 nitrogen and oxygen atoms in total. The van der Waals surface area contributed by atoms with Crippen molar-refractivity contribution in [2.75, 3.05) is 7.11 Å². The predicted octanol–water partition coefficient (Wildman–Crippen LogP) is 2.80. The first-order valence-electron chi connectivity index (χ1n) is 6.43. The molecule has 1 aromatic rings. The highest BCUT2D eigenvalue weighted by atomic mass is 16.7. The summed E-state index contributed by atoms with van der Waals surface area (Å²) >= 11 is 0. The molecule has 2 aliphatic rings. The number of pyridine rings is 1. The van der Waals surface area contributed by atoms with Crippen LogP contribution in [-0.2, 0) is 11.2 Å². The predicted molar refractivity (Wildman–Crippen MR) is 64.8 cm³/mol. The molecule has 0 amide bonds. The first kappa shape index (κ1) is 11.0. The highest BCUT2D eigenvalue weighted by molar-refractivity contribution is 5.34. The van der Waals surface area contributed by atoms with E-state index in [4.69, 9.17) is 9.47 Å². The minimum atomic E-state index is -0.410. The third kappa shape index (κ3) is 1.56. The van der Waals surface area contributed by atoms with Gasteiger partial charge in [0, 0.05) is 36.9 Å². The van der Waals surface area contributed by atoms with Gasteiger partial charge in [-0.25, -0.2) is 0 Å². The second kappa shape index (κ2) is 3.98. The van der Waals surface area contributed by atoms with E-state index in [1.807, 2.05) is 12.3 Å². The molecule has 0 saturated heterocycles. The fourth-order valence-corrected chi connectivity index (χ4v) is 3.42. The highest BCUT2D eigenvalue weighted by Gasteiger charge is 2.51. The molecule has 1 aliphatic heterocycles. The minimum absolute atomic E-state index is 0.410. The zero-order valence-electron chi connectivity index (χ0n) is 10.5. The first-order valence-corrected chi connectivity index (χ1v) is 6.43. The Hall–Kier alpha value is -1.09. The normalized spacial score (nSPS) is 35.6. The van der Waals surface area contributed by atoms with Crippen LogP contribution in [0.2, 0.25) is 0 Å². The average Bonchev–Trinajstić information content (AvgIpc) is 2.37. The molecule has 1 aromatic heterocycles. The van der Waals surface area contributed by atoms with Gasteiger partial charge in [0.15, 0.2) is 0 Å². The van der Waals surface area contributed by atoms with Gasteiger partial charge in [-0.3, -0.25) is 4.98 Å². The molecule has 1 saturated carbocycles. The van der Waals surface area contributed by atoms with Crippen molar-refractivity contribution >= 4 is 0 Å². The van der Waals surface area contributed by atoms with Crippen LogP contribution in [0.25, 0.3) is 0 Å². The van der Waals surface area contributed by atoms with Crippen molar-refractivity contribution in [3.05, 3.63) is 24.0 Å². The summed E-state index contributed by atoms with van der Waals surface area (Å²) < 4.78 is 12.0. The second-order valence-electron chi connectivity index (χ2n) is 5.24. The van der Waals surface area contributed by atoms with Gasteiger partial charge >= 0.3 is 0 Å². The number of ether oxygens (including phenoxy) is 2. The highest BCUT2D eigenvalue weighted by Crippen LogP contribution is 2.47. The summed E-state index contributed by atoms with van der Waals surface area (Å²) in [4.78, 5) is 4.18. The Kier molecular flexibility index (Phi) is 2.58. The molecule has 3 rings (SSSR count). The van der Waals surface area contributed by atoms with Gasteiger partial charge in [-0.2, -0.15) is 0 Å². The summed E-state index contributed by atoms with van der Waals surface area (Å²) in [6.45, 7) is 2.24. The Morgan fingerprint density at radius 1 is 1.47 bits per heavy atom. The van der Waals surface area contributed by atoms with Crippen LogP contribution < -0.4 is 4.74 Å². The third-order valence-corrected chi connectivity index (χ3v) is 4.36. The Morgan fingerprint density at radius 3 is 3.18 bits per heavy atom. The van der Waals surface area contributed by atoms with Crippen molar-refractivity contribution < 1.29 is 9.47 Å². The molecule has 0 radical (unpaired) electrons. The molecule has 1 aliphatic carbocycles. The van der Waals surface area contributed by atoms with Gasteiger partial charge in [-0.15, -0.1) is 0 Å². The van der Waals surface area contributed by atoms with Gasteiger partial charge < -0.3 is 9.47 Å². The maximum Gasteiger partial charge on any atom is 0.216 e. The molecular weight excluding hydrogens is 214 g/mol. The molecule has 2 heterocycles. The lowest BCUT2D eigenvalue weighted by atomic mass is 9.72. The van der Waals surface area contributed by atoms with E-state index < -0.39 is 5.79 Å². The Balaban J connectivity index is 2.02. The maximum absolute atomic E-state index is 6.22. The summed E-state index contributed by atoms with van der Waals surface area (Å²) in [5.41, 5.74) is 1.22. The van der Waals surface area contributed by atoms with Gasteiger partial charge in [0.2, 0.25) is 5.79 Å². The van der Waals surface area contributed by atoms with Crippen LogP contribution in [0, 0.1) is 11.8 Å². The molecular formula is C14H19NO2. The van der Waals surface area contributed by atoms with Crippen molar-refractivity contribution in [2.24, 2.45) is 11.8 Å². The second-order valence-corrected chi connectivity index (χ2v) is 5.24. The Labute approximate surface area is 102 Å². The average molecular weight is 233 g/mol. The molecule has 0 aromatic carbocycles. The lowest BCUT2D eigenvalue weighted by Crippen LogP contribution is -2.55. The largest absolute Gasteiger partial charge is 0.461 e. The topological polar surface area (TPSA) is 31.4 Å². The molecule has 0 spiro atoms. The zero-order chi connectivity index (χ0) is 11.9. The number of rotatable bonds is 1. The Morgan fingerprint density at radius 2 is 2.35 bits per heavy atom. The molecule has 0 bridgehead atoms. The van der Waals surface area contributed by atoms with Gasteiger partial charge in [-0.1, -0.05) is 13.3 Å². The van der Waals surface area contributed by atoms with Crippen LogP contribution in [0.15, 0.2) is 18.5 Å². The fourth-order valence-electron chi connectivity index (χ4n) is 3.42. The van der Waals surface area contributed by atoms with Crippen molar-refractivity contribution in [3.63, 3.8) is 0 Å². The summed E-state index contributed by atoms with van der Waals surface area (Å²) in [6, 6.07) is 1.95. The van der Waals surface area contributed by atoms with Crippen LogP contribution in [0.4, 0.5) is 0 Å². The monoisotopic (exact) mass is 233 g/mol. The molecule has 92 valence electrons. The number of fused-ring (bicyclic) bond motifs is 2. The quantitative estimate of drug-likeness (QED) is 0.747. The van der Waals surface area contributed by atoms with Crippen LogP contribution in [-0.4, -0.2) is 17.9 Å². The van der Waals surface area contributed by atoms with Gasteiger partial charge in [0.1, 0.15) is 5.75 Å². The smallest absolute Gasteiger partial charge is 0.216 e. The molecule has 1 fully saturated rings. The summed E-state index contributed by atoms with van der Waals surface area (Å²) in [7, 11) is 1.78. The molecule has 17 heavy (non-hydrogen) atoms.